The molecule has 0 saturated carbocycles. The maximum Gasteiger partial charge on any atom is 0.134 e. The Bertz CT molecular complexity index is 548. The monoisotopic (exact) mass is 259 g/mol. The molecule has 1 aromatic heterocycles. The summed E-state index contributed by atoms with van der Waals surface area (Å²) >= 11 is 0. The molecule has 0 aliphatic heterocycles. The molecular weight excluding hydrogens is 234 g/mol. The molecule has 2 heteroatoms. The molecule has 0 spiro atoms. The average molecular weight is 259 g/mol. The van der Waals surface area contributed by atoms with E-state index < -0.39 is 0 Å². The van der Waals surface area contributed by atoms with Crippen LogP contribution >= 0.6 is 0 Å². The lowest BCUT2D eigenvalue weighted by Crippen LogP contribution is -2.19. The topological polar surface area (TPSA) is 25.2 Å². The van der Waals surface area contributed by atoms with Crippen LogP contribution in [-0.2, 0) is 5.41 Å². The molecule has 2 rings (SSSR count). The van der Waals surface area contributed by atoms with E-state index in [0.29, 0.717) is 6.04 Å². The SMILES string of the molecule is CCNC(CC)c1cc2cc(C(C)(C)C)ccc2o1. The molecule has 2 aromatic rings. The number of fused-ring (bicyclic) bond motifs is 1. The quantitative estimate of drug-likeness (QED) is 0.854. The number of hydrogen-bond donors (Lipinski definition) is 1. The zero-order valence-corrected chi connectivity index (χ0v) is 12.7. The number of rotatable bonds is 4. The normalized spacial score (nSPS) is 13.9. The van der Waals surface area contributed by atoms with Gasteiger partial charge in [-0.15, -0.1) is 0 Å². The van der Waals surface area contributed by atoms with E-state index in [9.17, 15) is 0 Å². The Morgan fingerprint density at radius 1 is 1.16 bits per heavy atom. The lowest BCUT2D eigenvalue weighted by molar-refractivity contribution is 0.428. The van der Waals surface area contributed by atoms with Crippen molar-refractivity contribution in [2.45, 2.75) is 52.5 Å². The van der Waals surface area contributed by atoms with E-state index in [1.807, 2.05) is 0 Å². The van der Waals surface area contributed by atoms with Crippen molar-refractivity contribution in [3.63, 3.8) is 0 Å². The highest BCUT2D eigenvalue weighted by atomic mass is 16.3. The molecule has 0 saturated heterocycles. The molecule has 1 unspecified atom stereocenters. The van der Waals surface area contributed by atoms with Gasteiger partial charge in [-0.1, -0.05) is 40.7 Å². The first-order valence-electron chi connectivity index (χ1n) is 7.23. The van der Waals surface area contributed by atoms with Crippen LogP contribution in [0.4, 0.5) is 0 Å². The van der Waals surface area contributed by atoms with Crippen LogP contribution in [0.5, 0.6) is 0 Å². The van der Waals surface area contributed by atoms with Gasteiger partial charge in [0.1, 0.15) is 11.3 Å². The minimum Gasteiger partial charge on any atom is -0.459 e. The summed E-state index contributed by atoms with van der Waals surface area (Å²) in [4.78, 5) is 0. The Labute approximate surface area is 116 Å². The lowest BCUT2D eigenvalue weighted by Gasteiger charge is -2.18. The van der Waals surface area contributed by atoms with E-state index in [2.05, 4.69) is 64.2 Å². The molecule has 1 N–H and O–H groups in total. The smallest absolute Gasteiger partial charge is 0.134 e. The lowest BCUT2D eigenvalue weighted by atomic mass is 9.86. The van der Waals surface area contributed by atoms with Gasteiger partial charge in [0.15, 0.2) is 0 Å². The van der Waals surface area contributed by atoms with Gasteiger partial charge in [0.05, 0.1) is 6.04 Å². The van der Waals surface area contributed by atoms with E-state index in [-0.39, 0.29) is 5.41 Å². The summed E-state index contributed by atoms with van der Waals surface area (Å²) in [7, 11) is 0. The van der Waals surface area contributed by atoms with Crippen molar-refractivity contribution >= 4 is 11.0 Å². The maximum atomic E-state index is 5.98. The van der Waals surface area contributed by atoms with Crippen molar-refractivity contribution in [3.8, 4) is 0 Å². The van der Waals surface area contributed by atoms with Gasteiger partial charge in [-0.05, 0) is 42.1 Å². The summed E-state index contributed by atoms with van der Waals surface area (Å²) in [6.45, 7) is 12.0. The third kappa shape index (κ3) is 3.01. The predicted octanol–water partition coefficient (Wildman–Crippen LogP) is 4.79. The van der Waals surface area contributed by atoms with E-state index in [0.717, 1.165) is 24.3 Å². The van der Waals surface area contributed by atoms with Gasteiger partial charge in [-0.25, -0.2) is 0 Å². The Kier molecular flexibility index (Phi) is 4.00. The Hall–Kier alpha value is -1.28. The predicted molar refractivity (Wildman–Crippen MR) is 81.6 cm³/mol. The van der Waals surface area contributed by atoms with E-state index in [4.69, 9.17) is 4.42 Å². The summed E-state index contributed by atoms with van der Waals surface area (Å²) in [5.74, 6) is 1.05. The van der Waals surface area contributed by atoms with Crippen molar-refractivity contribution in [1.82, 2.24) is 5.32 Å². The summed E-state index contributed by atoms with van der Waals surface area (Å²) in [5, 5.41) is 4.67. The first-order valence-corrected chi connectivity index (χ1v) is 7.23. The fourth-order valence-corrected chi connectivity index (χ4v) is 2.39. The maximum absolute atomic E-state index is 5.98. The molecule has 0 radical (unpaired) electrons. The molecule has 2 nitrogen and oxygen atoms in total. The van der Waals surface area contributed by atoms with Gasteiger partial charge in [0.2, 0.25) is 0 Å². The Morgan fingerprint density at radius 2 is 1.89 bits per heavy atom. The highest BCUT2D eigenvalue weighted by Crippen LogP contribution is 2.30. The molecule has 19 heavy (non-hydrogen) atoms. The van der Waals surface area contributed by atoms with Crippen LogP contribution in [0.1, 0.15) is 58.4 Å². The Balaban J connectivity index is 2.40. The minimum atomic E-state index is 0.178. The third-order valence-electron chi connectivity index (χ3n) is 3.60. The molecule has 1 heterocycles. The molecular formula is C17H25NO. The largest absolute Gasteiger partial charge is 0.459 e. The van der Waals surface area contributed by atoms with Crippen LogP contribution in [0.3, 0.4) is 0 Å². The molecule has 0 fully saturated rings. The summed E-state index contributed by atoms with van der Waals surface area (Å²) in [6, 6.07) is 9.01. The van der Waals surface area contributed by atoms with Crippen LogP contribution in [-0.4, -0.2) is 6.54 Å². The highest BCUT2D eigenvalue weighted by Gasteiger charge is 2.17. The van der Waals surface area contributed by atoms with Gasteiger partial charge < -0.3 is 9.73 Å². The first-order chi connectivity index (χ1) is 8.95. The van der Waals surface area contributed by atoms with Gasteiger partial charge in [0.25, 0.3) is 0 Å². The second-order valence-electron chi connectivity index (χ2n) is 6.17. The van der Waals surface area contributed by atoms with Crippen LogP contribution in [0, 0.1) is 0 Å². The van der Waals surface area contributed by atoms with Crippen molar-refractivity contribution < 1.29 is 4.42 Å². The van der Waals surface area contributed by atoms with Gasteiger partial charge in [0, 0.05) is 5.39 Å². The number of benzene rings is 1. The Morgan fingerprint density at radius 3 is 2.47 bits per heavy atom. The van der Waals surface area contributed by atoms with Crippen molar-refractivity contribution in [2.24, 2.45) is 0 Å². The van der Waals surface area contributed by atoms with Crippen LogP contribution < -0.4 is 5.32 Å². The molecule has 1 aromatic carbocycles. The van der Waals surface area contributed by atoms with E-state index in [1.54, 1.807) is 0 Å². The zero-order valence-electron chi connectivity index (χ0n) is 12.7. The van der Waals surface area contributed by atoms with Crippen LogP contribution in [0.2, 0.25) is 0 Å². The van der Waals surface area contributed by atoms with Crippen molar-refractivity contribution in [1.29, 1.82) is 0 Å². The fourth-order valence-electron chi connectivity index (χ4n) is 2.39. The third-order valence-corrected chi connectivity index (χ3v) is 3.60. The summed E-state index contributed by atoms with van der Waals surface area (Å²) in [5.41, 5.74) is 2.51. The fraction of sp³-hybridized carbons (Fsp3) is 0.529. The summed E-state index contributed by atoms with van der Waals surface area (Å²) in [6.07, 6.45) is 1.04. The van der Waals surface area contributed by atoms with E-state index in [1.165, 1.54) is 10.9 Å². The molecule has 1 atom stereocenters. The van der Waals surface area contributed by atoms with Gasteiger partial charge in [-0.2, -0.15) is 0 Å². The molecule has 0 aliphatic carbocycles. The highest BCUT2D eigenvalue weighted by molar-refractivity contribution is 5.79. The number of nitrogens with one attached hydrogen (secondary N) is 1. The van der Waals surface area contributed by atoms with Crippen LogP contribution in [0.15, 0.2) is 28.7 Å². The minimum absolute atomic E-state index is 0.178. The first kappa shape index (κ1) is 14.1. The van der Waals surface area contributed by atoms with Gasteiger partial charge in [-0.3, -0.25) is 0 Å². The number of furan rings is 1. The number of hydrogen-bond acceptors (Lipinski definition) is 2. The van der Waals surface area contributed by atoms with E-state index >= 15 is 0 Å². The molecule has 0 amide bonds. The summed E-state index contributed by atoms with van der Waals surface area (Å²) < 4.78 is 5.98. The van der Waals surface area contributed by atoms with Crippen molar-refractivity contribution in [3.05, 3.63) is 35.6 Å². The standard InChI is InChI=1S/C17H25NO/c1-6-14(18-7-2)16-11-12-10-13(17(3,4)5)8-9-15(12)19-16/h8-11,14,18H,6-7H2,1-5H3. The van der Waals surface area contributed by atoms with Crippen molar-refractivity contribution in [2.75, 3.05) is 6.54 Å². The van der Waals surface area contributed by atoms with Crippen LogP contribution in [0.25, 0.3) is 11.0 Å². The second kappa shape index (κ2) is 5.38. The second-order valence-corrected chi connectivity index (χ2v) is 6.17. The average Bonchev–Trinajstić information content (AvgIpc) is 2.77. The molecule has 0 aliphatic rings. The zero-order chi connectivity index (χ0) is 14.0. The van der Waals surface area contributed by atoms with Gasteiger partial charge >= 0.3 is 0 Å². The molecule has 104 valence electrons. The molecule has 0 bridgehead atoms.